The Morgan fingerprint density at radius 3 is 2.47 bits per heavy atom. The molecule has 1 aromatic carbocycles. The molecule has 0 heterocycles. The molecule has 3 heteroatoms. The lowest BCUT2D eigenvalue weighted by molar-refractivity contribution is 0.347. The molecule has 0 aliphatic heterocycles. The molecule has 1 aliphatic carbocycles. The van der Waals surface area contributed by atoms with Crippen LogP contribution < -0.4 is 5.32 Å². The van der Waals surface area contributed by atoms with E-state index in [-0.39, 0.29) is 0 Å². The second-order valence-corrected chi connectivity index (χ2v) is 5.71. The van der Waals surface area contributed by atoms with Gasteiger partial charge in [-0.3, -0.25) is 0 Å². The normalized spacial score (nSPS) is 19.2. The van der Waals surface area contributed by atoms with Gasteiger partial charge in [-0.2, -0.15) is 0 Å². The Hall–Kier alpha value is -0.240. The van der Waals surface area contributed by atoms with Gasteiger partial charge in [0.1, 0.15) is 0 Å². The van der Waals surface area contributed by atoms with E-state index >= 15 is 0 Å². The monoisotopic (exact) mass is 271 g/mol. The summed E-state index contributed by atoms with van der Waals surface area (Å²) in [5.74, 6) is 0. The molecule has 0 radical (unpaired) electrons. The third-order valence-electron chi connectivity index (χ3n) is 3.53. The van der Waals surface area contributed by atoms with Crippen LogP contribution in [0.4, 0.5) is 0 Å². The summed E-state index contributed by atoms with van der Waals surface area (Å²) >= 11 is 12.0. The molecular weight excluding hydrogens is 253 g/mol. The summed E-state index contributed by atoms with van der Waals surface area (Å²) in [5.41, 5.74) is 1.21. The molecule has 0 saturated heterocycles. The van der Waals surface area contributed by atoms with Gasteiger partial charge < -0.3 is 5.32 Å². The fourth-order valence-electron chi connectivity index (χ4n) is 2.50. The van der Waals surface area contributed by atoms with Gasteiger partial charge in [0, 0.05) is 12.1 Å². The van der Waals surface area contributed by atoms with Crippen LogP contribution >= 0.6 is 23.2 Å². The summed E-state index contributed by atoms with van der Waals surface area (Å²) in [4.78, 5) is 0. The standard InChI is InChI=1S/C14H19Cl2N/c1-10(17-12-5-3-2-4-6-12)11-7-8-13(15)14(16)9-11/h7-10,12,17H,2-6H2,1H3. The molecule has 1 nitrogen and oxygen atoms in total. The highest BCUT2D eigenvalue weighted by atomic mass is 35.5. The molecule has 0 amide bonds. The van der Waals surface area contributed by atoms with Gasteiger partial charge in [-0.25, -0.2) is 0 Å². The number of benzene rings is 1. The van der Waals surface area contributed by atoms with E-state index in [1.165, 1.54) is 37.7 Å². The van der Waals surface area contributed by atoms with Gasteiger partial charge in [0.2, 0.25) is 0 Å². The molecule has 1 atom stereocenters. The van der Waals surface area contributed by atoms with Crippen molar-refractivity contribution in [2.24, 2.45) is 0 Å². The largest absolute Gasteiger partial charge is 0.307 e. The zero-order valence-electron chi connectivity index (χ0n) is 10.2. The van der Waals surface area contributed by atoms with Crippen LogP contribution in [0.25, 0.3) is 0 Å². The van der Waals surface area contributed by atoms with E-state index in [1.807, 2.05) is 12.1 Å². The molecule has 1 fully saturated rings. The highest BCUT2D eigenvalue weighted by Gasteiger charge is 2.16. The predicted molar refractivity (Wildman–Crippen MR) is 74.9 cm³/mol. The molecule has 1 aromatic rings. The molecule has 0 aromatic heterocycles. The Morgan fingerprint density at radius 1 is 1.12 bits per heavy atom. The molecule has 1 N–H and O–H groups in total. The minimum absolute atomic E-state index is 0.341. The first-order valence-corrected chi connectivity index (χ1v) is 7.13. The average molecular weight is 272 g/mol. The molecule has 0 spiro atoms. The molecule has 2 rings (SSSR count). The highest BCUT2D eigenvalue weighted by molar-refractivity contribution is 6.42. The molecule has 94 valence electrons. The second-order valence-electron chi connectivity index (χ2n) is 4.90. The summed E-state index contributed by atoms with van der Waals surface area (Å²) < 4.78 is 0. The van der Waals surface area contributed by atoms with Crippen molar-refractivity contribution in [3.05, 3.63) is 33.8 Å². The van der Waals surface area contributed by atoms with Crippen molar-refractivity contribution in [3.8, 4) is 0 Å². The Morgan fingerprint density at radius 2 is 1.82 bits per heavy atom. The zero-order valence-corrected chi connectivity index (χ0v) is 11.7. The van der Waals surface area contributed by atoms with Crippen LogP contribution in [-0.2, 0) is 0 Å². The van der Waals surface area contributed by atoms with Gasteiger partial charge in [0.15, 0.2) is 0 Å². The number of halogens is 2. The maximum Gasteiger partial charge on any atom is 0.0595 e. The third-order valence-corrected chi connectivity index (χ3v) is 4.27. The van der Waals surface area contributed by atoms with Crippen LogP contribution in [0.1, 0.15) is 50.6 Å². The predicted octanol–water partition coefficient (Wildman–Crippen LogP) is 4.98. The highest BCUT2D eigenvalue weighted by Crippen LogP contribution is 2.27. The molecule has 1 saturated carbocycles. The summed E-state index contributed by atoms with van der Waals surface area (Å²) in [5, 5.41) is 4.95. The molecule has 1 aliphatic rings. The average Bonchev–Trinajstić information content (AvgIpc) is 2.34. The van der Waals surface area contributed by atoms with Gasteiger partial charge in [0.05, 0.1) is 10.0 Å². The summed E-state index contributed by atoms with van der Waals surface area (Å²) in [7, 11) is 0. The quantitative estimate of drug-likeness (QED) is 0.818. The Labute approximate surface area is 114 Å². The SMILES string of the molecule is CC(NC1CCCCC1)c1ccc(Cl)c(Cl)c1. The van der Waals surface area contributed by atoms with Gasteiger partial charge in [-0.05, 0) is 37.5 Å². The smallest absolute Gasteiger partial charge is 0.0595 e. The zero-order chi connectivity index (χ0) is 12.3. The first-order valence-electron chi connectivity index (χ1n) is 6.38. The number of rotatable bonds is 3. The van der Waals surface area contributed by atoms with Gasteiger partial charge in [0.25, 0.3) is 0 Å². The maximum absolute atomic E-state index is 6.04. The minimum atomic E-state index is 0.341. The number of nitrogens with one attached hydrogen (secondary N) is 1. The van der Waals surface area contributed by atoms with Gasteiger partial charge in [-0.1, -0.05) is 48.5 Å². The van der Waals surface area contributed by atoms with Crippen molar-refractivity contribution in [2.75, 3.05) is 0 Å². The minimum Gasteiger partial charge on any atom is -0.307 e. The van der Waals surface area contributed by atoms with E-state index in [4.69, 9.17) is 23.2 Å². The van der Waals surface area contributed by atoms with E-state index < -0.39 is 0 Å². The van der Waals surface area contributed by atoms with Crippen molar-refractivity contribution < 1.29 is 0 Å². The third kappa shape index (κ3) is 3.61. The Kier molecular flexibility index (Phi) is 4.72. The van der Waals surface area contributed by atoms with E-state index in [2.05, 4.69) is 18.3 Å². The van der Waals surface area contributed by atoms with Crippen LogP contribution in [0.5, 0.6) is 0 Å². The van der Waals surface area contributed by atoms with Crippen molar-refractivity contribution in [3.63, 3.8) is 0 Å². The first kappa shape index (κ1) is 13.2. The summed E-state index contributed by atoms with van der Waals surface area (Å²) in [6.07, 6.45) is 6.69. The number of hydrogen-bond acceptors (Lipinski definition) is 1. The fourth-order valence-corrected chi connectivity index (χ4v) is 2.81. The van der Waals surface area contributed by atoms with Gasteiger partial charge >= 0.3 is 0 Å². The summed E-state index contributed by atoms with van der Waals surface area (Å²) in [6.45, 7) is 2.19. The Bertz CT molecular complexity index is 372. The van der Waals surface area contributed by atoms with Crippen molar-refractivity contribution in [2.45, 2.75) is 51.1 Å². The second kappa shape index (κ2) is 6.08. The van der Waals surface area contributed by atoms with Crippen LogP contribution in [0, 0.1) is 0 Å². The van der Waals surface area contributed by atoms with Crippen LogP contribution in [0.2, 0.25) is 10.0 Å². The van der Waals surface area contributed by atoms with Crippen molar-refractivity contribution >= 4 is 23.2 Å². The fraction of sp³-hybridized carbons (Fsp3) is 0.571. The molecule has 0 bridgehead atoms. The van der Waals surface area contributed by atoms with Gasteiger partial charge in [-0.15, -0.1) is 0 Å². The van der Waals surface area contributed by atoms with E-state index in [1.54, 1.807) is 0 Å². The van der Waals surface area contributed by atoms with Crippen molar-refractivity contribution in [1.29, 1.82) is 0 Å². The number of hydrogen-bond donors (Lipinski definition) is 1. The van der Waals surface area contributed by atoms with E-state index in [9.17, 15) is 0 Å². The Balaban J connectivity index is 1.98. The van der Waals surface area contributed by atoms with E-state index in [0.29, 0.717) is 22.1 Å². The lowest BCUT2D eigenvalue weighted by Crippen LogP contribution is -2.33. The lowest BCUT2D eigenvalue weighted by Gasteiger charge is -2.27. The molecular formula is C14H19Cl2N. The molecule has 17 heavy (non-hydrogen) atoms. The van der Waals surface area contributed by atoms with Crippen LogP contribution in [0.15, 0.2) is 18.2 Å². The van der Waals surface area contributed by atoms with Crippen LogP contribution in [-0.4, -0.2) is 6.04 Å². The van der Waals surface area contributed by atoms with E-state index in [0.717, 1.165) is 0 Å². The maximum atomic E-state index is 6.04. The first-order chi connectivity index (χ1) is 8.16. The van der Waals surface area contributed by atoms with Crippen molar-refractivity contribution in [1.82, 2.24) is 5.32 Å². The topological polar surface area (TPSA) is 12.0 Å². The lowest BCUT2D eigenvalue weighted by atomic mass is 9.94. The molecule has 1 unspecified atom stereocenters. The summed E-state index contributed by atoms with van der Waals surface area (Å²) in [6, 6.07) is 6.89. The van der Waals surface area contributed by atoms with Crippen LogP contribution in [0.3, 0.4) is 0 Å².